The Morgan fingerprint density at radius 3 is 2.79 bits per heavy atom. The summed E-state index contributed by atoms with van der Waals surface area (Å²) < 4.78 is 21.0. The molecule has 0 radical (unpaired) electrons. The fourth-order valence-electron chi connectivity index (χ4n) is 3.97. The second-order valence-electron chi connectivity index (χ2n) is 7.98. The maximum atomic E-state index is 13.9. The first kappa shape index (κ1) is 21.0. The molecule has 33 heavy (non-hydrogen) atoms. The van der Waals surface area contributed by atoms with Crippen LogP contribution in [-0.2, 0) is 4.74 Å². The van der Waals surface area contributed by atoms with Crippen LogP contribution in [0.4, 0.5) is 15.0 Å². The predicted octanol–water partition coefficient (Wildman–Crippen LogP) is 4.21. The molecule has 8 nitrogen and oxygen atoms in total. The smallest absolute Gasteiger partial charge is 0.320 e. The van der Waals surface area contributed by atoms with E-state index in [1.807, 2.05) is 18.2 Å². The number of aromatic nitrogens is 4. The number of carbonyl (C=O) groups excluding carboxylic acids is 1. The maximum absolute atomic E-state index is 13.9. The molecule has 0 atom stereocenters. The number of carbonyl (C=O) groups is 1. The van der Waals surface area contributed by atoms with E-state index >= 15 is 0 Å². The van der Waals surface area contributed by atoms with E-state index in [1.54, 1.807) is 42.0 Å². The van der Waals surface area contributed by atoms with Crippen LogP contribution in [0, 0.1) is 12.7 Å². The number of nitrogens with one attached hydrogen (secondary N) is 2. The lowest BCUT2D eigenvalue weighted by Gasteiger charge is -2.23. The van der Waals surface area contributed by atoms with Gasteiger partial charge in [-0.15, -0.1) is 0 Å². The first-order valence-electron chi connectivity index (χ1n) is 10.8. The summed E-state index contributed by atoms with van der Waals surface area (Å²) in [4.78, 5) is 21.5. The fraction of sp³-hybridized carbons (Fsp3) is 0.250. The molecule has 4 aromatic rings. The van der Waals surface area contributed by atoms with Gasteiger partial charge in [-0.05, 0) is 67.8 Å². The summed E-state index contributed by atoms with van der Waals surface area (Å²) in [7, 11) is 0. The van der Waals surface area contributed by atoms with E-state index in [1.165, 1.54) is 6.07 Å². The molecule has 1 aliphatic rings. The van der Waals surface area contributed by atoms with Gasteiger partial charge in [0, 0.05) is 42.8 Å². The summed E-state index contributed by atoms with van der Waals surface area (Å²) in [6.07, 6.45) is 4.88. The van der Waals surface area contributed by atoms with Crippen LogP contribution in [0.5, 0.6) is 0 Å². The summed E-state index contributed by atoms with van der Waals surface area (Å²) in [6.45, 7) is 3.01. The van der Waals surface area contributed by atoms with E-state index in [4.69, 9.17) is 9.72 Å². The van der Waals surface area contributed by atoms with Crippen molar-refractivity contribution >= 4 is 17.5 Å². The van der Waals surface area contributed by atoms with E-state index in [9.17, 15) is 9.18 Å². The van der Waals surface area contributed by atoms with Gasteiger partial charge < -0.3 is 10.1 Å². The zero-order valence-electron chi connectivity index (χ0n) is 18.1. The number of fused-ring (bicyclic) bond motifs is 1. The highest BCUT2D eigenvalue weighted by molar-refractivity contribution is 5.90. The van der Waals surface area contributed by atoms with E-state index in [0.717, 1.165) is 29.7 Å². The molecular weight excluding hydrogens is 423 g/mol. The van der Waals surface area contributed by atoms with Gasteiger partial charge in [0.25, 0.3) is 0 Å². The number of urea groups is 1. The fourth-order valence-corrected chi connectivity index (χ4v) is 3.97. The van der Waals surface area contributed by atoms with Crippen molar-refractivity contribution in [3.63, 3.8) is 0 Å². The van der Waals surface area contributed by atoms with Crippen LogP contribution in [0.1, 0.15) is 18.4 Å². The quantitative estimate of drug-likeness (QED) is 0.490. The molecule has 1 saturated heterocycles. The summed E-state index contributed by atoms with van der Waals surface area (Å²) in [6, 6.07) is 12.0. The van der Waals surface area contributed by atoms with Gasteiger partial charge in [-0.25, -0.2) is 23.7 Å². The van der Waals surface area contributed by atoms with Gasteiger partial charge in [0.15, 0.2) is 5.65 Å². The van der Waals surface area contributed by atoms with Crippen molar-refractivity contribution in [1.82, 2.24) is 24.9 Å². The molecule has 1 aliphatic heterocycles. The lowest BCUT2D eigenvalue weighted by atomic mass is 10.0. The SMILES string of the molecule is Cc1cc(-c2nc3cccnn3c2-c2ccnc(NC(=O)NC3CCOCC3)c2)ccc1F. The minimum Gasteiger partial charge on any atom is -0.381 e. The average molecular weight is 446 g/mol. The van der Waals surface area contributed by atoms with E-state index in [0.29, 0.717) is 35.9 Å². The summed E-state index contributed by atoms with van der Waals surface area (Å²) in [5, 5.41) is 10.2. The Kier molecular flexibility index (Phi) is 5.70. The average Bonchev–Trinajstić information content (AvgIpc) is 3.21. The van der Waals surface area contributed by atoms with Gasteiger partial charge in [0.05, 0.1) is 5.69 Å². The van der Waals surface area contributed by atoms with Gasteiger partial charge in [-0.1, -0.05) is 0 Å². The van der Waals surface area contributed by atoms with Crippen LogP contribution in [0.3, 0.4) is 0 Å². The number of amides is 2. The van der Waals surface area contributed by atoms with E-state index < -0.39 is 0 Å². The minimum atomic E-state index is -0.308. The predicted molar refractivity (Wildman–Crippen MR) is 122 cm³/mol. The van der Waals surface area contributed by atoms with Crippen LogP contribution in [0.25, 0.3) is 28.2 Å². The monoisotopic (exact) mass is 446 g/mol. The topological polar surface area (TPSA) is 93.4 Å². The number of imidazole rings is 1. The molecule has 9 heteroatoms. The molecule has 0 saturated carbocycles. The molecule has 0 spiro atoms. The van der Waals surface area contributed by atoms with Gasteiger partial charge in [-0.3, -0.25) is 5.32 Å². The standard InChI is InChI=1S/C24H23FN6O2/c1-15-13-16(4-5-19(15)25)22-23(31-21(30-22)3-2-9-27-31)17-6-10-26-20(14-17)29-24(32)28-18-7-11-33-12-8-18/h2-6,9-10,13-14,18H,7-8,11-12H2,1H3,(H2,26,28,29,32). The van der Waals surface area contributed by atoms with Crippen molar-refractivity contribution in [2.24, 2.45) is 0 Å². The molecular formula is C24H23FN6O2. The number of nitrogens with zero attached hydrogens (tertiary/aromatic N) is 4. The zero-order chi connectivity index (χ0) is 22.8. The summed E-state index contributed by atoms with van der Waals surface area (Å²) in [5.74, 6) is 0.136. The van der Waals surface area contributed by atoms with Crippen LogP contribution in [0.2, 0.25) is 0 Å². The third-order valence-electron chi connectivity index (χ3n) is 5.66. The number of rotatable bonds is 4. The number of anilines is 1. The third kappa shape index (κ3) is 4.40. The Morgan fingerprint density at radius 1 is 1.12 bits per heavy atom. The zero-order valence-corrected chi connectivity index (χ0v) is 18.1. The van der Waals surface area contributed by atoms with E-state index in [2.05, 4.69) is 20.7 Å². The lowest BCUT2D eigenvalue weighted by molar-refractivity contribution is 0.0806. The molecule has 5 rings (SSSR count). The number of halogens is 1. The van der Waals surface area contributed by atoms with Crippen molar-refractivity contribution < 1.29 is 13.9 Å². The first-order valence-corrected chi connectivity index (χ1v) is 10.8. The molecule has 0 aliphatic carbocycles. The second kappa shape index (κ2) is 8.95. The Bertz CT molecular complexity index is 1320. The number of aryl methyl sites for hydroxylation is 1. The molecule has 1 fully saturated rings. The first-order chi connectivity index (χ1) is 16.1. The van der Waals surface area contributed by atoms with Crippen molar-refractivity contribution in [1.29, 1.82) is 0 Å². The minimum absolute atomic E-state index is 0.0817. The Hall–Kier alpha value is -3.85. The normalized spacial score (nSPS) is 14.4. The van der Waals surface area contributed by atoms with Crippen molar-refractivity contribution in [2.45, 2.75) is 25.8 Å². The Balaban J connectivity index is 1.50. The third-order valence-corrected chi connectivity index (χ3v) is 5.66. The van der Waals surface area contributed by atoms with Crippen LogP contribution >= 0.6 is 0 Å². The van der Waals surface area contributed by atoms with E-state index in [-0.39, 0.29) is 17.9 Å². The van der Waals surface area contributed by atoms with Gasteiger partial charge in [0.2, 0.25) is 0 Å². The molecule has 4 heterocycles. The number of pyridine rings is 1. The van der Waals surface area contributed by atoms with Crippen LogP contribution in [-0.4, -0.2) is 44.9 Å². The largest absolute Gasteiger partial charge is 0.381 e. The van der Waals surface area contributed by atoms with Crippen LogP contribution in [0.15, 0.2) is 54.9 Å². The molecule has 1 aromatic carbocycles. The molecule has 0 unspecified atom stereocenters. The van der Waals surface area contributed by atoms with Crippen molar-refractivity contribution in [3.8, 4) is 22.5 Å². The lowest BCUT2D eigenvalue weighted by Crippen LogP contribution is -2.41. The second-order valence-corrected chi connectivity index (χ2v) is 7.98. The Labute approximate surface area is 189 Å². The Morgan fingerprint density at radius 2 is 1.97 bits per heavy atom. The van der Waals surface area contributed by atoms with Gasteiger partial charge in [0.1, 0.15) is 17.3 Å². The highest BCUT2D eigenvalue weighted by atomic mass is 19.1. The van der Waals surface area contributed by atoms with Gasteiger partial charge in [-0.2, -0.15) is 5.10 Å². The summed E-state index contributed by atoms with van der Waals surface area (Å²) >= 11 is 0. The highest BCUT2D eigenvalue weighted by Gasteiger charge is 2.19. The molecule has 3 aromatic heterocycles. The molecule has 0 bridgehead atoms. The number of ether oxygens (including phenoxy) is 1. The van der Waals surface area contributed by atoms with Gasteiger partial charge >= 0.3 is 6.03 Å². The number of hydrogen-bond donors (Lipinski definition) is 2. The van der Waals surface area contributed by atoms with Crippen LogP contribution < -0.4 is 10.6 Å². The molecule has 168 valence electrons. The highest BCUT2D eigenvalue weighted by Crippen LogP contribution is 2.33. The van der Waals surface area contributed by atoms with Crippen molar-refractivity contribution in [2.75, 3.05) is 18.5 Å². The number of benzene rings is 1. The number of hydrogen-bond acceptors (Lipinski definition) is 5. The van der Waals surface area contributed by atoms with Crippen molar-refractivity contribution in [3.05, 3.63) is 66.2 Å². The summed E-state index contributed by atoms with van der Waals surface area (Å²) in [5.41, 5.74) is 4.14. The maximum Gasteiger partial charge on any atom is 0.320 e. The molecule has 2 N–H and O–H groups in total. The molecule has 2 amide bonds.